The molecule has 1 fully saturated rings. The summed E-state index contributed by atoms with van der Waals surface area (Å²) < 4.78 is 11.9. The van der Waals surface area contributed by atoms with Crippen LogP contribution in [0.3, 0.4) is 0 Å². The molecule has 7 heteroatoms. The first kappa shape index (κ1) is 24.5. The first-order valence-corrected chi connectivity index (χ1v) is 10.8. The van der Waals surface area contributed by atoms with Crippen molar-refractivity contribution in [1.29, 1.82) is 0 Å². The molecule has 0 amide bonds. The molecule has 6 nitrogen and oxygen atoms in total. The summed E-state index contributed by atoms with van der Waals surface area (Å²) in [6.07, 6.45) is -0.339. The van der Waals surface area contributed by atoms with Gasteiger partial charge in [0.1, 0.15) is 17.1 Å². The quantitative estimate of drug-likeness (QED) is 0.513. The number of carbonyl (C=O) groups excluding carboxylic acids is 3. The van der Waals surface area contributed by atoms with Crippen molar-refractivity contribution in [3.8, 4) is 0 Å². The fourth-order valence-electron chi connectivity index (χ4n) is 3.83. The maximum atomic E-state index is 13.2. The van der Waals surface area contributed by atoms with Gasteiger partial charge in [0.25, 0.3) is 0 Å². The average Bonchev–Trinajstić information content (AvgIpc) is 2.50. The largest absolute Gasteiger partial charge is 0.460 e. The molecule has 1 N–H and O–H groups in total. The van der Waals surface area contributed by atoms with E-state index >= 15 is 0 Å². The Morgan fingerprint density at radius 3 is 1.93 bits per heavy atom. The van der Waals surface area contributed by atoms with Gasteiger partial charge in [0.05, 0.1) is 11.5 Å². The molecule has 0 bridgehead atoms. The number of ketones is 1. The Kier molecular flexibility index (Phi) is 6.89. The van der Waals surface area contributed by atoms with Gasteiger partial charge >= 0.3 is 11.9 Å². The second kappa shape index (κ2) is 8.42. The third kappa shape index (κ3) is 5.91. The van der Waals surface area contributed by atoms with E-state index in [4.69, 9.17) is 9.47 Å². The highest BCUT2D eigenvalue weighted by Crippen LogP contribution is 2.47. The summed E-state index contributed by atoms with van der Waals surface area (Å²) in [6.45, 7) is 11.8. The predicted molar refractivity (Wildman–Crippen MR) is 116 cm³/mol. The number of halogens is 1. The molecule has 0 unspecified atom stereocenters. The molecule has 0 radical (unpaired) electrons. The van der Waals surface area contributed by atoms with E-state index in [1.54, 1.807) is 65.8 Å². The molecular formula is C23H31BrO6. The highest BCUT2D eigenvalue weighted by molar-refractivity contribution is 9.10. The number of benzene rings is 1. The minimum Gasteiger partial charge on any atom is -0.460 e. The molecule has 0 heterocycles. The van der Waals surface area contributed by atoms with Crippen molar-refractivity contribution in [2.75, 3.05) is 0 Å². The van der Waals surface area contributed by atoms with Crippen LogP contribution in [-0.4, -0.2) is 39.6 Å². The minimum absolute atomic E-state index is 0.339. The van der Waals surface area contributed by atoms with Crippen molar-refractivity contribution in [2.24, 2.45) is 11.8 Å². The number of Topliss-reactive ketones (excluding diaryl/α,β-unsaturated/α-hetero) is 1. The molecule has 166 valence electrons. The first-order chi connectivity index (χ1) is 13.5. The maximum Gasteiger partial charge on any atom is 0.317 e. The van der Waals surface area contributed by atoms with Gasteiger partial charge in [0.15, 0.2) is 5.78 Å². The van der Waals surface area contributed by atoms with Crippen LogP contribution in [0.4, 0.5) is 0 Å². The molecule has 1 aromatic carbocycles. The second-order valence-electron chi connectivity index (χ2n) is 10.1. The van der Waals surface area contributed by atoms with Gasteiger partial charge in [-0.1, -0.05) is 28.1 Å². The van der Waals surface area contributed by atoms with Crippen molar-refractivity contribution >= 4 is 33.7 Å². The summed E-state index contributed by atoms with van der Waals surface area (Å²) in [5.74, 6) is -5.07. The van der Waals surface area contributed by atoms with Crippen LogP contribution in [0.25, 0.3) is 0 Å². The number of rotatable bonds is 3. The molecule has 2 rings (SSSR count). The van der Waals surface area contributed by atoms with Gasteiger partial charge in [-0.05, 0) is 66.2 Å². The Hall–Kier alpha value is -1.73. The maximum absolute atomic E-state index is 13.2. The van der Waals surface area contributed by atoms with E-state index in [1.807, 2.05) is 0 Å². The molecule has 1 aliphatic carbocycles. The van der Waals surface area contributed by atoms with E-state index in [0.717, 1.165) is 4.47 Å². The lowest BCUT2D eigenvalue weighted by molar-refractivity contribution is -0.182. The van der Waals surface area contributed by atoms with E-state index in [2.05, 4.69) is 15.9 Å². The first-order valence-electron chi connectivity index (χ1n) is 9.98. The lowest BCUT2D eigenvalue weighted by atomic mass is 9.61. The lowest BCUT2D eigenvalue weighted by Crippen LogP contribution is -2.56. The minimum atomic E-state index is -1.67. The van der Waals surface area contributed by atoms with Crippen LogP contribution in [0.5, 0.6) is 0 Å². The fraction of sp³-hybridized carbons (Fsp3) is 0.609. The van der Waals surface area contributed by atoms with Crippen LogP contribution in [0.15, 0.2) is 28.7 Å². The third-order valence-electron chi connectivity index (χ3n) is 4.84. The van der Waals surface area contributed by atoms with Gasteiger partial charge in [-0.3, -0.25) is 14.4 Å². The SMILES string of the molecule is CC(C)(C)OC(=O)[C@@H]1C(=O)C[C@](C)(O)[C@H](C(=O)OC(C)(C)C)[C@@H]1c1ccc(Br)cc1. The molecule has 4 atom stereocenters. The van der Waals surface area contributed by atoms with Crippen LogP contribution < -0.4 is 0 Å². The number of carbonyl (C=O) groups is 3. The standard InChI is InChI=1S/C23H31BrO6/c1-21(2,3)29-19(26)17-15(25)12-23(7,28)18(20(27)30-22(4,5)6)16(17)13-8-10-14(24)11-9-13/h8-11,16-18,28H,12H2,1-7H3/t16-,17-,18+,23+/m1/s1. The second-order valence-corrected chi connectivity index (χ2v) is 11.0. The summed E-state index contributed by atoms with van der Waals surface area (Å²) in [5, 5.41) is 11.1. The van der Waals surface area contributed by atoms with Crippen LogP contribution in [0.1, 0.15) is 66.4 Å². The van der Waals surface area contributed by atoms with Crippen molar-refractivity contribution < 1.29 is 29.0 Å². The molecule has 1 aromatic rings. The zero-order valence-corrected chi connectivity index (χ0v) is 20.2. The highest BCUT2D eigenvalue weighted by Gasteiger charge is 2.57. The van der Waals surface area contributed by atoms with E-state index < -0.39 is 52.3 Å². The van der Waals surface area contributed by atoms with E-state index in [0.29, 0.717) is 5.56 Å². The Bertz CT molecular complexity index is 814. The number of esters is 2. The van der Waals surface area contributed by atoms with E-state index in [9.17, 15) is 19.5 Å². The number of aliphatic hydroxyl groups is 1. The Labute approximate surface area is 186 Å². The monoisotopic (exact) mass is 482 g/mol. The fourth-order valence-corrected chi connectivity index (χ4v) is 4.10. The molecule has 0 saturated heterocycles. The number of hydrogen-bond donors (Lipinski definition) is 1. The predicted octanol–water partition coefficient (Wildman–Crippen LogP) is 4.17. The number of hydrogen-bond acceptors (Lipinski definition) is 6. The Morgan fingerprint density at radius 1 is 1.00 bits per heavy atom. The van der Waals surface area contributed by atoms with Gasteiger partial charge in [-0.25, -0.2) is 0 Å². The Morgan fingerprint density at radius 2 is 1.47 bits per heavy atom. The lowest BCUT2D eigenvalue weighted by Gasteiger charge is -2.44. The summed E-state index contributed by atoms with van der Waals surface area (Å²) in [5.41, 5.74) is -2.68. The molecule has 1 aliphatic rings. The van der Waals surface area contributed by atoms with Crippen LogP contribution in [-0.2, 0) is 23.9 Å². The topological polar surface area (TPSA) is 89.9 Å². The van der Waals surface area contributed by atoms with Gasteiger partial charge in [-0.15, -0.1) is 0 Å². The zero-order valence-electron chi connectivity index (χ0n) is 18.6. The Balaban J connectivity index is 2.62. The summed E-state index contributed by atoms with van der Waals surface area (Å²) >= 11 is 3.37. The number of ether oxygens (including phenoxy) is 2. The molecule has 0 aromatic heterocycles. The average molecular weight is 483 g/mol. The third-order valence-corrected chi connectivity index (χ3v) is 5.37. The van der Waals surface area contributed by atoms with Gasteiger partial charge in [0, 0.05) is 16.8 Å². The molecule has 0 aliphatic heterocycles. The van der Waals surface area contributed by atoms with Crippen molar-refractivity contribution in [3.05, 3.63) is 34.3 Å². The van der Waals surface area contributed by atoms with Gasteiger partial charge in [-0.2, -0.15) is 0 Å². The van der Waals surface area contributed by atoms with Crippen molar-refractivity contribution in [1.82, 2.24) is 0 Å². The van der Waals surface area contributed by atoms with Crippen molar-refractivity contribution in [3.63, 3.8) is 0 Å². The van der Waals surface area contributed by atoms with Crippen LogP contribution in [0.2, 0.25) is 0 Å². The van der Waals surface area contributed by atoms with Crippen LogP contribution in [0, 0.1) is 11.8 Å². The summed E-state index contributed by atoms with van der Waals surface area (Å²) in [6, 6.07) is 7.00. The van der Waals surface area contributed by atoms with Gasteiger partial charge in [0.2, 0.25) is 0 Å². The van der Waals surface area contributed by atoms with Crippen LogP contribution >= 0.6 is 15.9 Å². The molecular weight excluding hydrogens is 452 g/mol. The van der Waals surface area contributed by atoms with Crippen molar-refractivity contribution in [2.45, 2.75) is 77.6 Å². The molecule has 0 spiro atoms. The normalized spacial score (nSPS) is 27.5. The zero-order chi connectivity index (χ0) is 23.1. The van der Waals surface area contributed by atoms with E-state index in [1.165, 1.54) is 6.92 Å². The van der Waals surface area contributed by atoms with Gasteiger partial charge < -0.3 is 14.6 Å². The smallest absolute Gasteiger partial charge is 0.317 e. The molecule has 30 heavy (non-hydrogen) atoms. The highest BCUT2D eigenvalue weighted by atomic mass is 79.9. The summed E-state index contributed by atoms with van der Waals surface area (Å²) in [7, 11) is 0. The molecule has 1 saturated carbocycles. The summed E-state index contributed by atoms with van der Waals surface area (Å²) in [4.78, 5) is 39.3. The van der Waals surface area contributed by atoms with E-state index in [-0.39, 0.29) is 6.42 Å².